The molecular weight excluding hydrogens is 614 g/mol. The number of amidine groups is 1. The number of nitrogens with one attached hydrogen (secondary N) is 5. The molecule has 0 bridgehead atoms. The minimum Gasteiger partial charge on any atom is -0.453 e. The second kappa shape index (κ2) is 19.3. The minimum absolute atomic E-state index is 0.00183. The fraction of sp³-hybridized carbons (Fsp3) is 0.543. The van der Waals surface area contributed by atoms with E-state index < -0.39 is 12.1 Å². The first-order chi connectivity index (χ1) is 22.8. The van der Waals surface area contributed by atoms with Gasteiger partial charge in [-0.2, -0.15) is 0 Å². The van der Waals surface area contributed by atoms with Crippen molar-refractivity contribution in [1.82, 2.24) is 25.6 Å². The van der Waals surface area contributed by atoms with Crippen LogP contribution in [0, 0.1) is 17.2 Å². The Bertz CT molecular complexity index is 1280. The summed E-state index contributed by atoms with van der Waals surface area (Å²) in [5.74, 6) is 1.26. The molecule has 0 radical (unpaired) electrons. The van der Waals surface area contributed by atoms with Gasteiger partial charge in [-0.15, -0.1) is 0 Å². The predicted molar refractivity (Wildman–Crippen MR) is 187 cm³/mol. The third-order valence-corrected chi connectivity index (χ3v) is 10.2. The number of methoxy groups -OCH3 is 1. The van der Waals surface area contributed by atoms with E-state index in [0.29, 0.717) is 55.6 Å². The fourth-order valence-electron chi connectivity index (χ4n) is 6.21. The van der Waals surface area contributed by atoms with Crippen LogP contribution in [0.1, 0.15) is 68.1 Å². The van der Waals surface area contributed by atoms with Crippen LogP contribution in [0.25, 0.3) is 0 Å². The number of rotatable bonds is 16. The lowest BCUT2D eigenvalue weighted by Gasteiger charge is -2.31. The Morgan fingerprint density at radius 1 is 0.915 bits per heavy atom. The number of benzene rings is 2. The molecule has 2 aromatic rings. The van der Waals surface area contributed by atoms with Crippen molar-refractivity contribution >= 4 is 35.7 Å². The third kappa shape index (κ3) is 12.2. The van der Waals surface area contributed by atoms with Crippen LogP contribution in [0.2, 0.25) is 0 Å². The molecule has 2 aliphatic heterocycles. The van der Waals surface area contributed by atoms with Crippen LogP contribution in [-0.2, 0) is 26.6 Å². The minimum atomic E-state index is -0.652. The smallest absolute Gasteiger partial charge is 0.409 e. The van der Waals surface area contributed by atoms with E-state index in [1.54, 1.807) is 17.0 Å². The topological polar surface area (TPSA) is 162 Å². The van der Waals surface area contributed by atoms with E-state index in [-0.39, 0.29) is 23.7 Å². The van der Waals surface area contributed by atoms with Crippen molar-refractivity contribution in [3.63, 3.8) is 0 Å². The number of piperidine rings is 2. The molecule has 2 atom stereocenters. The SMILES string of the molecule is COC(=O)N1CCC(CCC(NSCc2ccccc2)C(=O)NC(CCC2CCNCC2)C(=O)NCc2ccc(C(=N)N)cc2)CC1. The molecule has 7 N–H and O–H groups in total. The summed E-state index contributed by atoms with van der Waals surface area (Å²) in [5.41, 5.74) is 8.26. The number of hydrogen-bond acceptors (Lipinski definition) is 8. The van der Waals surface area contributed by atoms with Crippen LogP contribution in [0.4, 0.5) is 4.79 Å². The van der Waals surface area contributed by atoms with E-state index in [2.05, 4.69) is 32.8 Å². The van der Waals surface area contributed by atoms with Gasteiger partial charge in [0.15, 0.2) is 0 Å². The number of nitrogen functional groups attached to an aromatic ring is 1. The average Bonchev–Trinajstić information content (AvgIpc) is 3.11. The van der Waals surface area contributed by atoms with Crippen LogP contribution in [-0.4, -0.2) is 74.0 Å². The van der Waals surface area contributed by atoms with Gasteiger partial charge in [-0.3, -0.25) is 19.7 Å². The van der Waals surface area contributed by atoms with Gasteiger partial charge in [-0.05, 0) is 87.4 Å². The molecule has 0 aromatic heterocycles. The van der Waals surface area contributed by atoms with Crippen LogP contribution in [0.5, 0.6) is 0 Å². The maximum absolute atomic E-state index is 13.9. The highest BCUT2D eigenvalue weighted by Gasteiger charge is 2.29. The Balaban J connectivity index is 1.39. The van der Waals surface area contributed by atoms with Crippen LogP contribution < -0.4 is 26.4 Å². The summed E-state index contributed by atoms with van der Waals surface area (Å²) in [5, 5.41) is 17.2. The Morgan fingerprint density at radius 3 is 2.19 bits per heavy atom. The summed E-state index contributed by atoms with van der Waals surface area (Å²) >= 11 is 1.51. The first kappa shape index (κ1) is 36.2. The number of nitrogens with zero attached hydrogens (tertiary/aromatic N) is 1. The summed E-state index contributed by atoms with van der Waals surface area (Å²) in [6.07, 6.45) is 6.50. The molecule has 0 spiro atoms. The van der Waals surface area contributed by atoms with Gasteiger partial charge in [0, 0.05) is 31.0 Å². The molecule has 12 heteroatoms. The molecule has 2 heterocycles. The lowest BCUT2D eigenvalue weighted by Crippen LogP contribution is -2.52. The van der Waals surface area contributed by atoms with Gasteiger partial charge in [-0.25, -0.2) is 4.79 Å². The summed E-state index contributed by atoms with van der Waals surface area (Å²) in [6, 6.07) is 16.2. The lowest BCUT2D eigenvalue weighted by atomic mass is 9.90. The summed E-state index contributed by atoms with van der Waals surface area (Å²) in [7, 11) is 1.41. The van der Waals surface area contributed by atoms with E-state index in [1.165, 1.54) is 19.1 Å². The molecule has 2 aromatic carbocycles. The molecule has 11 nitrogen and oxygen atoms in total. The van der Waals surface area contributed by atoms with Crippen molar-refractivity contribution < 1.29 is 19.1 Å². The molecule has 3 amide bonds. The van der Waals surface area contributed by atoms with Crippen molar-refractivity contribution in [1.29, 1.82) is 5.41 Å². The zero-order chi connectivity index (χ0) is 33.4. The molecule has 0 saturated carbocycles. The Kier molecular flexibility index (Phi) is 14.9. The summed E-state index contributed by atoms with van der Waals surface area (Å²) in [6.45, 7) is 3.58. The zero-order valence-electron chi connectivity index (χ0n) is 27.5. The average molecular weight is 666 g/mol. The number of likely N-dealkylation sites (tertiary alicyclic amines) is 1. The fourth-order valence-corrected chi connectivity index (χ4v) is 7.08. The van der Waals surface area contributed by atoms with E-state index in [9.17, 15) is 14.4 Å². The summed E-state index contributed by atoms with van der Waals surface area (Å²) < 4.78 is 8.30. The molecule has 0 aliphatic carbocycles. The lowest BCUT2D eigenvalue weighted by molar-refractivity contribution is -0.130. The molecule has 2 fully saturated rings. The molecule has 47 heavy (non-hydrogen) atoms. The Morgan fingerprint density at radius 2 is 1.55 bits per heavy atom. The molecule has 2 saturated heterocycles. The highest BCUT2D eigenvalue weighted by atomic mass is 32.2. The van der Waals surface area contributed by atoms with Gasteiger partial charge in [0.1, 0.15) is 11.9 Å². The Hall–Kier alpha value is -3.61. The van der Waals surface area contributed by atoms with E-state index >= 15 is 0 Å². The normalized spacial score (nSPS) is 17.0. The monoisotopic (exact) mass is 665 g/mol. The van der Waals surface area contributed by atoms with Crippen molar-refractivity contribution in [2.45, 2.75) is 75.7 Å². The van der Waals surface area contributed by atoms with Crippen molar-refractivity contribution in [3.05, 3.63) is 71.3 Å². The Labute approximate surface area is 283 Å². The quantitative estimate of drug-likeness (QED) is 0.0894. The number of carbonyl (C=O) groups is 3. The van der Waals surface area contributed by atoms with Crippen LogP contribution in [0.3, 0.4) is 0 Å². The number of carbonyl (C=O) groups excluding carboxylic acids is 3. The van der Waals surface area contributed by atoms with Gasteiger partial charge in [-0.1, -0.05) is 66.5 Å². The number of hydrogen-bond donors (Lipinski definition) is 6. The largest absolute Gasteiger partial charge is 0.453 e. The van der Waals surface area contributed by atoms with Gasteiger partial charge in [0.2, 0.25) is 11.8 Å². The van der Waals surface area contributed by atoms with Crippen molar-refractivity contribution in [2.75, 3.05) is 33.3 Å². The van der Waals surface area contributed by atoms with Crippen molar-refractivity contribution in [2.24, 2.45) is 17.6 Å². The number of amides is 3. The predicted octanol–water partition coefficient (Wildman–Crippen LogP) is 3.92. The second-order valence-electron chi connectivity index (χ2n) is 12.6. The van der Waals surface area contributed by atoms with Crippen molar-refractivity contribution in [3.8, 4) is 0 Å². The van der Waals surface area contributed by atoms with E-state index in [4.69, 9.17) is 15.9 Å². The highest BCUT2D eigenvalue weighted by Crippen LogP contribution is 2.24. The first-order valence-electron chi connectivity index (χ1n) is 16.8. The molecular formula is C35H51N7O4S. The number of ether oxygens (including phenoxy) is 1. The van der Waals surface area contributed by atoms with Crippen LogP contribution >= 0.6 is 11.9 Å². The second-order valence-corrected chi connectivity index (χ2v) is 13.4. The van der Waals surface area contributed by atoms with E-state index in [0.717, 1.165) is 62.7 Å². The zero-order valence-corrected chi connectivity index (χ0v) is 28.3. The highest BCUT2D eigenvalue weighted by molar-refractivity contribution is 7.96. The summed E-state index contributed by atoms with van der Waals surface area (Å²) in [4.78, 5) is 41.1. The van der Waals surface area contributed by atoms with E-state index in [1.807, 2.05) is 30.3 Å². The first-order valence-corrected chi connectivity index (χ1v) is 17.8. The molecule has 256 valence electrons. The molecule has 2 unspecified atom stereocenters. The maximum Gasteiger partial charge on any atom is 0.409 e. The third-order valence-electron chi connectivity index (χ3n) is 9.22. The standard InChI is InChI=1S/C35H51N7O4S/c1-46-35(45)42-21-17-26(18-22-42)10-14-31(41-47-24-28-5-3-2-4-6-28)34(44)40-30(13-9-25-15-19-38-20-16-25)33(43)39-23-27-7-11-29(12-8-27)32(36)37/h2-8,11-12,25-26,30-31,38,41H,9-10,13-24H2,1H3,(H3,36,37)(H,39,43)(H,40,44). The molecule has 4 rings (SSSR count). The van der Waals surface area contributed by atoms with Crippen LogP contribution in [0.15, 0.2) is 54.6 Å². The van der Waals surface area contributed by atoms with Gasteiger partial charge in [0.05, 0.1) is 13.2 Å². The van der Waals surface area contributed by atoms with Gasteiger partial charge in [0.25, 0.3) is 0 Å². The van der Waals surface area contributed by atoms with Gasteiger partial charge < -0.3 is 31.3 Å². The molecule has 2 aliphatic rings. The number of nitrogens with two attached hydrogens (primary N) is 1. The van der Waals surface area contributed by atoms with Gasteiger partial charge >= 0.3 is 6.09 Å². The maximum atomic E-state index is 13.9.